The SMILES string of the molecule is Cc1ncsc1-c1ccc(CNC(=O)[C@@H]2C[C@@H](O)CN2C(=O)[C@H](C(C)C)N2Cc3ccccc3C2=O)c(O)c1.O=CO. The molecule has 222 valence electrons. The molecule has 3 heterocycles. The average molecular weight is 595 g/mol. The second kappa shape index (κ2) is 13.1. The van der Waals surface area contributed by atoms with Gasteiger partial charge in [0, 0.05) is 37.2 Å². The largest absolute Gasteiger partial charge is 0.508 e. The van der Waals surface area contributed by atoms with Crippen molar-refractivity contribution in [2.75, 3.05) is 6.54 Å². The summed E-state index contributed by atoms with van der Waals surface area (Å²) < 4.78 is 0. The van der Waals surface area contributed by atoms with Gasteiger partial charge in [0.05, 0.1) is 22.2 Å². The van der Waals surface area contributed by atoms with Crippen LogP contribution < -0.4 is 5.32 Å². The minimum absolute atomic E-state index is 0.0171. The summed E-state index contributed by atoms with van der Waals surface area (Å²) in [5.74, 6) is -1.12. The number of carbonyl (C=O) groups is 4. The van der Waals surface area contributed by atoms with Crippen molar-refractivity contribution in [2.24, 2.45) is 5.92 Å². The molecule has 2 aliphatic rings. The first-order valence-corrected chi connectivity index (χ1v) is 14.4. The number of fused-ring (bicyclic) bond motifs is 1. The Morgan fingerprint density at radius 3 is 2.55 bits per heavy atom. The number of rotatable bonds is 7. The molecule has 3 atom stereocenters. The first-order chi connectivity index (χ1) is 20.1. The molecular formula is C30H34N4O7S. The quantitative estimate of drug-likeness (QED) is 0.304. The molecule has 1 saturated heterocycles. The van der Waals surface area contributed by atoms with Gasteiger partial charge in [0.25, 0.3) is 12.4 Å². The molecule has 0 unspecified atom stereocenters. The number of β-amino-alcohol motifs (C(OH)–C–C–N with tert-alkyl or cyclic N) is 1. The maximum atomic E-state index is 13.8. The van der Waals surface area contributed by atoms with Gasteiger partial charge in [0.15, 0.2) is 0 Å². The number of aliphatic hydroxyl groups excluding tert-OH is 1. The fraction of sp³-hybridized carbons (Fsp3) is 0.367. The van der Waals surface area contributed by atoms with E-state index in [2.05, 4.69) is 10.3 Å². The number of nitrogens with one attached hydrogen (secondary N) is 1. The zero-order chi connectivity index (χ0) is 30.6. The third kappa shape index (κ3) is 6.29. The maximum absolute atomic E-state index is 13.8. The molecule has 1 aromatic heterocycles. The van der Waals surface area contributed by atoms with Gasteiger partial charge in [-0.1, -0.05) is 44.2 Å². The number of nitrogens with zero attached hydrogens (tertiary/aromatic N) is 3. The van der Waals surface area contributed by atoms with E-state index in [0.717, 1.165) is 21.7 Å². The molecule has 5 rings (SSSR count). The van der Waals surface area contributed by atoms with Crippen LogP contribution in [0.5, 0.6) is 5.75 Å². The number of carboxylic acid groups (broad SMARTS) is 1. The van der Waals surface area contributed by atoms with E-state index >= 15 is 0 Å². The van der Waals surface area contributed by atoms with Gasteiger partial charge in [0.1, 0.15) is 17.8 Å². The molecule has 0 spiro atoms. The zero-order valence-electron chi connectivity index (χ0n) is 23.6. The number of hydrogen-bond acceptors (Lipinski definition) is 8. The van der Waals surface area contributed by atoms with Crippen LogP contribution in [0.25, 0.3) is 10.4 Å². The number of aryl methyl sites for hydroxylation is 1. The van der Waals surface area contributed by atoms with E-state index < -0.39 is 24.1 Å². The summed E-state index contributed by atoms with van der Waals surface area (Å²) in [7, 11) is 0. The topological polar surface area (TPSA) is 160 Å². The highest BCUT2D eigenvalue weighted by Gasteiger charge is 2.45. The molecule has 4 N–H and O–H groups in total. The highest BCUT2D eigenvalue weighted by molar-refractivity contribution is 7.13. The van der Waals surface area contributed by atoms with Crippen LogP contribution in [0.4, 0.5) is 0 Å². The molecule has 0 aliphatic carbocycles. The van der Waals surface area contributed by atoms with E-state index in [-0.39, 0.29) is 49.5 Å². The fourth-order valence-electron chi connectivity index (χ4n) is 5.49. The van der Waals surface area contributed by atoms with Crippen LogP contribution in [0.3, 0.4) is 0 Å². The zero-order valence-corrected chi connectivity index (χ0v) is 24.4. The van der Waals surface area contributed by atoms with E-state index in [1.807, 2.05) is 39.0 Å². The molecule has 12 heteroatoms. The molecule has 42 heavy (non-hydrogen) atoms. The van der Waals surface area contributed by atoms with E-state index in [9.17, 15) is 24.6 Å². The summed E-state index contributed by atoms with van der Waals surface area (Å²) in [4.78, 5) is 56.8. The minimum atomic E-state index is -0.880. The third-order valence-corrected chi connectivity index (χ3v) is 8.46. The second-order valence-electron chi connectivity index (χ2n) is 10.6. The molecule has 0 bridgehead atoms. The predicted molar refractivity (Wildman–Crippen MR) is 156 cm³/mol. The molecule has 3 amide bonds. The number of aliphatic hydroxyl groups is 1. The van der Waals surface area contributed by atoms with Crippen LogP contribution in [0.1, 0.15) is 47.4 Å². The monoisotopic (exact) mass is 594 g/mol. The van der Waals surface area contributed by atoms with Gasteiger partial charge in [-0.05, 0) is 36.1 Å². The van der Waals surface area contributed by atoms with Crippen molar-refractivity contribution in [1.29, 1.82) is 0 Å². The van der Waals surface area contributed by atoms with Gasteiger partial charge in [-0.2, -0.15) is 0 Å². The van der Waals surface area contributed by atoms with Crippen LogP contribution in [0, 0.1) is 12.8 Å². The van der Waals surface area contributed by atoms with Crippen LogP contribution >= 0.6 is 11.3 Å². The van der Waals surface area contributed by atoms with E-state index in [4.69, 9.17) is 9.90 Å². The molecule has 2 aliphatic heterocycles. The Hall–Kier alpha value is -4.29. The Morgan fingerprint density at radius 1 is 1.21 bits per heavy atom. The van der Waals surface area contributed by atoms with Gasteiger partial charge in [-0.25, -0.2) is 4.98 Å². The average Bonchev–Trinajstić information content (AvgIpc) is 3.65. The Labute approximate surface area is 247 Å². The second-order valence-corrected chi connectivity index (χ2v) is 11.5. The number of phenolic OH excluding ortho intramolecular Hbond substituents is 1. The van der Waals surface area contributed by atoms with Crippen molar-refractivity contribution >= 4 is 35.5 Å². The van der Waals surface area contributed by atoms with E-state index in [1.54, 1.807) is 34.7 Å². The lowest BCUT2D eigenvalue weighted by atomic mass is 10.0. The van der Waals surface area contributed by atoms with Crippen molar-refractivity contribution in [3.8, 4) is 16.2 Å². The number of thiazole rings is 1. The molecule has 0 radical (unpaired) electrons. The number of likely N-dealkylation sites (tertiary alicyclic amines) is 1. The van der Waals surface area contributed by atoms with Crippen LogP contribution in [-0.2, 0) is 27.5 Å². The smallest absolute Gasteiger partial charge is 0.290 e. The lowest BCUT2D eigenvalue weighted by molar-refractivity contribution is -0.143. The van der Waals surface area contributed by atoms with Gasteiger partial charge in [0.2, 0.25) is 11.8 Å². The summed E-state index contributed by atoms with van der Waals surface area (Å²) in [6.07, 6.45) is -0.745. The highest BCUT2D eigenvalue weighted by Crippen LogP contribution is 2.32. The number of aromatic hydroxyl groups is 1. The molecule has 11 nitrogen and oxygen atoms in total. The Kier molecular flexibility index (Phi) is 9.59. The number of phenols is 1. The van der Waals surface area contributed by atoms with Crippen molar-refractivity contribution in [1.82, 2.24) is 20.1 Å². The van der Waals surface area contributed by atoms with E-state index in [0.29, 0.717) is 17.7 Å². The minimum Gasteiger partial charge on any atom is -0.508 e. The summed E-state index contributed by atoms with van der Waals surface area (Å²) in [5.41, 5.74) is 5.46. The number of aromatic nitrogens is 1. The standard InChI is InChI=1S/C29H32N4O5S.CH2O2/c1-16(2)25(33-13-20-6-4-5-7-22(20)28(33)37)29(38)32-14-21(34)11-23(32)27(36)30-12-19-9-8-18(10-24(19)35)26-17(3)31-15-39-26;2-1-3/h4-10,15-16,21,23,25,34-35H,11-14H2,1-3H3,(H,30,36);1H,(H,2,3)/t21-,23+,25+;/m1./s1. The summed E-state index contributed by atoms with van der Waals surface area (Å²) in [6, 6.07) is 10.9. The molecule has 1 fully saturated rings. The third-order valence-electron chi connectivity index (χ3n) is 7.48. The van der Waals surface area contributed by atoms with Crippen molar-refractivity contribution in [3.63, 3.8) is 0 Å². The molecular weight excluding hydrogens is 560 g/mol. The van der Waals surface area contributed by atoms with Crippen LogP contribution in [0.15, 0.2) is 48.0 Å². The fourth-order valence-corrected chi connectivity index (χ4v) is 6.29. The van der Waals surface area contributed by atoms with Gasteiger partial charge >= 0.3 is 0 Å². The van der Waals surface area contributed by atoms with Gasteiger partial charge in [-0.3, -0.25) is 19.2 Å². The van der Waals surface area contributed by atoms with Crippen molar-refractivity contribution < 1.29 is 34.5 Å². The molecule has 0 saturated carbocycles. The van der Waals surface area contributed by atoms with Gasteiger partial charge < -0.3 is 30.4 Å². The first kappa shape index (κ1) is 30.7. The van der Waals surface area contributed by atoms with Crippen LogP contribution in [0.2, 0.25) is 0 Å². The number of benzene rings is 2. The predicted octanol–water partition coefficient (Wildman–Crippen LogP) is 2.78. The maximum Gasteiger partial charge on any atom is 0.290 e. The van der Waals surface area contributed by atoms with Gasteiger partial charge in [-0.15, -0.1) is 11.3 Å². The number of hydrogen-bond donors (Lipinski definition) is 4. The van der Waals surface area contributed by atoms with Crippen LogP contribution in [-0.4, -0.2) is 79.0 Å². The molecule has 2 aromatic carbocycles. The first-order valence-electron chi connectivity index (χ1n) is 13.5. The Balaban J connectivity index is 0.00000129. The number of carbonyl (C=O) groups excluding carboxylic acids is 3. The summed E-state index contributed by atoms with van der Waals surface area (Å²) >= 11 is 1.49. The summed E-state index contributed by atoms with van der Waals surface area (Å²) in [6.45, 7) is 5.81. The normalized spacial score (nSPS) is 18.4. The Morgan fingerprint density at radius 2 is 1.93 bits per heavy atom. The van der Waals surface area contributed by atoms with Crippen molar-refractivity contribution in [2.45, 2.75) is 58.5 Å². The van der Waals surface area contributed by atoms with E-state index in [1.165, 1.54) is 16.2 Å². The highest BCUT2D eigenvalue weighted by atomic mass is 32.1. The number of amides is 3. The molecule has 3 aromatic rings. The lowest BCUT2D eigenvalue weighted by Gasteiger charge is -2.35. The lowest BCUT2D eigenvalue weighted by Crippen LogP contribution is -2.55. The Bertz CT molecular complexity index is 1470. The van der Waals surface area contributed by atoms with Crippen molar-refractivity contribution in [3.05, 3.63) is 70.4 Å². The summed E-state index contributed by atoms with van der Waals surface area (Å²) in [5, 5.41) is 30.7.